The van der Waals surface area contributed by atoms with Crippen LogP contribution in [0.5, 0.6) is 5.75 Å². The molecule has 1 amide bonds. The molecule has 144 valence electrons. The minimum Gasteiger partial charge on any atom is -0.496 e. The molecule has 0 spiro atoms. The number of nitrogens with one attached hydrogen (secondary N) is 2. The smallest absolute Gasteiger partial charge is 0.270 e. The molecular weight excluding hydrogens is 352 g/mol. The van der Waals surface area contributed by atoms with E-state index < -0.39 is 0 Å². The fraction of sp³-hybridized carbons (Fsp3) is 0.227. The average molecular weight is 376 g/mol. The van der Waals surface area contributed by atoms with Crippen LogP contribution in [0, 0.1) is 0 Å². The van der Waals surface area contributed by atoms with Gasteiger partial charge in [0.15, 0.2) is 0 Å². The highest BCUT2D eigenvalue weighted by Crippen LogP contribution is 2.18. The predicted octanol–water partition coefficient (Wildman–Crippen LogP) is 3.63. The molecule has 3 rings (SSSR count). The number of hydrogen-bond donors (Lipinski definition) is 2. The highest BCUT2D eigenvalue weighted by Gasteiger charge is 2.11. The molecule has 0 aliphatic heterocycles. The van der Waals surface area contributed by atoms with Crippen molar-refractivity contribution in [1.29, 1.82) is 0 Å². The summed E-state index contributed by atoms with van der Waals surface area (Å²) in [6, 6.07) is 19.6. The van der Waals surface area contributed by atoms with E-state index in [0.29, 0.717) is 24.5 Å². The third-order valence-corrected chi connectivity index (χ3v) is 4.44. The molecule has 28 heavy (non-hydrogen) atoms. The number of hydrogen-bond acceptors (Lipinski definition) is 5. The van der Waals surface area contributed by atoms with E-state index in [1.54, 1.807) is 13.2 Å². The summed E-state index contributed by atoms with van der Waals surface area (Å²) >= 11 is 0. The summed E-state index contributed by atoms with van der Waals surface area (Å²) < 4.78 is 5.34. The molecule has 0 fully saturated rings. The second-order valence-corrected chi connectivity index (χ2v) is 6.38. The van der Waals surface area contributed by atoms with Crippen molar-refractivity contribution in [3.05, 3.63) is 83.8 Å². The molecule has 6 heteroatoms. The summed E-state index contributed by atoms with van der Waals surface area (Å²) in [4.78, 5) is 20.7. The highest BCUT2D eigenvalue weighted by molar-refractivity contribution is 5.92. The highest BCUT2D eigenvalue weighted by atomic mass is 16.5. The fourth-order valence-corrected chi connectivity index (χ4v) is 2.92. The monoisotopic (exact) mass is 376 g/mol. The maximum absolute atomic E-state index is 12.4. The maximum atomic E-state index is 12.4. The van der Waals surface area contributed by atoms with Crippen LogP contribution in [0.4, 0.5) is 5.82 Å². The summed E-state index contributed by atoms with van der Waals surface area (Å²) in [6.45, 7) is 2.54. The zero-order valence-corrected chi connectivity index (χ0v) is 16.1. The first-order chi connectivity index (χ1) is 13.7. The second kappa shape index (κ2) is 9.50. The Balaban J connectivity index is 1.58. The van der Waals surface area contributed by atoms with Crippen molar-refractivity contribution in [2.24, 2.45) is 0 Å². The molecule has 0 saturated heterocycles. The molecule has 0 radical (unpaired) electrons. The molecule has 1 heterocycles. The van der Waals surface area contributed by atoms with Crippen LogP contribution in [0.3, 0.4) is 0 Å². The maximum Gasteiger partial charge on any atom is 0.270 e. The lowest BCUT2D eigenvalue weighted by atomic mass is 10.1. The summed E-state index contributed by atoms with van der Waals surface area (Å²) in [6.07, 6.45) is 2.08. The van der Waals surface area contributed by atoms with Gasteiger partial charge in [0.25, 0.3) is 5.91 Å². The van der Waals surface area contributed by atoms with Gasteiger partial charge in [-0.3, -0.25) is 4.79 Å². The number of rotatable bonds is 8. The number of para-hydroxylation sites is 1. The van der Waals surface area contributed by atoms with Crippen molar-refractivity contribution in [2.45, 2.75) is 19.4 Å². The molecule has 2 N–H and O–H groups in total. The molecule has 2 aromatic carbocycles. The first kappa shape index (κ1) is 19.4. The van der Waals surface area contributed by atoms with E-state index in [1.165, 1.54) is 6.33 Å². The van der Waals surface area contributed by atoms with Gasteiger partial charge in [0.05, 0.1) is 7.11 Å². The Hall–Kier alpha value is -3.41. The Kier molecular flexibility index (Phi) is 6.57. The van der Waals surface area contributed by atoms with Crippen LogP contribution < -0.4 is 15.4 Å². The SMILES string of the molecule is COc1ccccc1CCNC(=O)c1cc(NC(C)c2ccccc2)ncn1. The van der Waals surface area contributed by atoms with Crippen molar-refractivity contribution in [3.63, 3.8) is 0 Å². The Bertz CT molecular complexity index is 915. The standard InChI is InChI=1S/C22H24N4O2/c1-16(17-8-4-3-5-9-17)26-21-14-19(24-15-25-21)22(27)23-13-12-18-10-6-7-11-20(18)28-2/h3-11,14-16H,12-13H2,1-2H3,(H,23,27)(H,24,25,26). The van der Waals surface area contributed by atoms with Crippen LogP contribution in [0.1, 0.15) is 34.6 Å². The van der Waals surface area contributed by atoms with Gasteiger partial charge in [-0.05, 0) is 30.5 Å². The van der Waals surface area contributed by atoms with E-state index in [4.69, 9.17) is 4.74 Å². The number of anilines is 1. The summed E-state index contributed by atoms with van der Waals surface area (Å²) in [5.74, 6) is 1.20. The summed E-state index contributed by atoms with van der Waals surface area (Å²) in [5.41, 5.74) is 2.52. The Labute approximate surface area is 165 Å². The van der Waals surface area contributed by atoms with Crippen molar-refractivity contribution >= 4 is 11.7 Å². The molecule has 1 atom stereocenters. The third kappa shape index (κ3) is 5.07. The van der Waals surface area contributed by atoms with Crippen molar-refractivity contribution in [2.75, 3.05) is 19.0 Å². The molecular formula is C22H24N4O2. The van der Waals surface area contributed by atoms with Gasteiger partial charge >= 0.3 is 0 Å². The lowest BCUT2D eigenvalue weighted by molar-refractivity contribution is 0.0949. The van der Waals surface area contributed by atoms with Crippen LogP contribution in [-0.4, -0.2) is 29.5 Å². The first-order valence-electron chi connectivity index (χ1n) is 9.21. The van der Waals surface area contributed by atoms with Gasteiger partial charge in [-0.15, -0.1) is 0 Å². The van der Waals surface area contributed by atoms with Crippen LogP contribution in [-0.2, 0) is 6.42 Å². The number of carbonyl (C=O) groups excluding carboxylic acids is 1. The minimum absolute atomic E-state index is 0.0672. The van der Waals surface area contributed by atoms with Crippen LogP contribution in [0.25, 0.3) is 0 Å². The van der Waals surface area contributed by atoms with Crippen LogP contribution >= 0.6 is 0 Å². The van der Waals surface area contributed by atoms with Gasteiger partial charge in [-0.2, -0.15) is 0 Å². The Morgan fingerprint density at radius 3 is 2.61 bits per heavy atom. The number of carbonyl (C=O) groups is 1. The molecule has 0 aliphatic carbocycles. The van der Waals surface area contributed by atoms with Gasteiger partial charge in [-0.25, -0.2) is 9.97 Å². The van der Waals surface area contributed by atoms with Crippen LogP contribution in [0.2, 0.25) is 0 Å². The fourth-order valence-electron chi connectivity index (χ4n) is 2.92. The number of benzene rings is 2. The van der Waals surface area contributed by atoms with Gasteiger partial charge in [0.2, 0.25) is 0 Å². The largest absolute Gasteiger partial charge is 0.496 e. The third-order valence-electron chi connectivity index (χ3n) is 4.44. The topological polar surface area (TPSA) is 76.1 Å². The van der Waals surface area contributed by atoms with E-state index in [2.05, 4.69) is 20.6 Å². The molecule has 3 aromatic rings. The molecule has 0 saturated carbocycles. The van der Waals surface area contributed by atoms with Gasteiger partial charge in [-0.1, -0.05) is 48.5 Å². The van der Waals surface area contributed by atoms with Crippen molar-refractivity contribution < 1.29 is 9.53 Å². The predicted molar refractivity (Wildman–Crippen MR) is 110 cm³/mol. The van der Waals surface area contributed by atoms with E-state index in [9.17, 15) is 4.79 Å². The number of ether oxygens (including phenoxy) is 1. The lowest BCUT2D eigenvalue weighted by Crippen LogP contribution is -2.27. The number of nitrogens with zero attached hydrogens (tertiary/aromatic N) is 2. The molecule has 1 aromatic heterocycles. The van der Waals surface area contributed by atoms with Crippen molar-refractivity contribution in [1.82, 2.24) is 15.3 Å². The zero-order valence-electron chi connectivity index (χ0n) is 16.1. The van der Waals surface area contributed by atoms with E-state index >= 15 is 0 Å². The second-order valence-electron chi connectivity index (χ2n) is 6.38. The quantitative estimate of drug-likeness (QED) is 0.628. The number of aromatic nitrogens is 2. The van der Waals surface area contributed by atoms with Gasteiger partial charge in [0.1, 0.15) is 23.6 Å². The van der Waals surface area contributed by atoms with Crippen LogP contribution in [0.15, 0.2) is 67.0 Å². The number of methoxy groups -OCH3 is 1. The van der Waals surface area contributed by atoms with Gasteiger partial charge in [0, 0.05) is 18.7 Å². The average Bonchev–Trinajstić information content (AvgIpc) is 2.74. The summed E-state index contributed by atoms with van der Waals surface area (Å²) in [7, 11) is 1.64. The lowest BCUT2D eigenvalue weighted by Gasteiger charge is -2.15. The molecule has 0 bridgehead atoms. The number of amides is 1. The first-order valence-corrected chi connectivity index (χ1v) is 9.21. The normalized spacial score (nSPS) is 11.5. The Morgan fingerprint density at radius 1 is 1.07 bits per heavy atom. The Morgan fingerprint density at radius 2 is 1.82 bits per heavy atom. The van der Waals surface area contributed by atoms with E-state index in [-0.39, 0.29) is 11.9 Å². The molecule has 6 nitrogen and oxygen atoms in total. The van der Waals surface area contributed by atoms with E-state index in [1.807, 2.05) is 61.5 Å². The zero-order chi connectivity index (χ0) is 19.8. The van der Waals surface area contributed by atoms with Crippen molar-refractivity contribution in [3.8, 4) is 5.75 Å². The van der Waals surface area contributed by atoms with E-state index in [0.717, 1.165) is 16.9 Å². The summed E-state index contributed by atoms with van der Waals surface area (Å²) in [5, 5.41) is 6.20. The molecule has 0 aliphatic rings. The van der Waals surface area contributed by atoms with Gasteiger partial charge < -0.3 is 15.4 Å². The molecule has 1 unspecified atom stereocenters. The minimum atomic E-state index is -0.229.